The highest BCUT2D eigenvalue weighted by Crippen LogP contribution is 2.38. The highest BCUT2D eigenvalue weighted by atomic mass is 79.9. The number of aliphatic hydroxyl groups is 1. The summed E-state index contributed by atoms with van der Waals surface area (Å²) >= 11 is 3.58. The van der Waals surface area contributed by atoms with Crippen molar-refractivity contribution in [1.29, 1.82) is 0 Å². The molecular formula is C14H20BrN3O2. The van der Waals surface area contributed by atoms with E-state index in [-0.39, 0.29) is 18.6 Å². The predicted octanol–water partition coefficient (Wildman–Crippen LogP) is 1.87. The molecule has 0 spiro atoms. The summed E-state index contributed by atoms with van der Waals surface area (Å²) in [6, 6.07) is 3.65. The molecule has 5 nitrogen and oxygen atoms in total. The van der Waals surface area contributed by atoms with Crippen LogP contribution in [-0.4, -0.2) is 37.8 Å². The summed E-state index contributed by atoms with van der Waals surface area (Å²) in [4.78, 5) is 14.0. The van der Waals surface area contributed by atoms with Crippen molar-refractivity contribution in [2.75, 3.05) is 37.0 Å². The SMILES string of the molecule is CCCN(CCO)c1cc2c(cc1Br)C(NC)C(=O)N2. The molecule has 1 aromatic rings. The number of hydrogen-bond donors (Lipinski definition) is 3. The Bertz CT molecular complexity index is 501. The van der Waals surface area contributed by atoms with Gasteiger partial charge in [0.2, 0.25) is 5.91 Å². The van der Waals surface area contributed by atoms with Gasteiger partial charge in [-0.2, -0.15) is 0 Å². The molecule has 1 aliphatic rings. The molecule has 20 heavy (non-hydrogen) atoms. The first-order valence-corrected chi connectivity index (χ1v) is 7.59. The molecular weight excluding hydrogens is 322 g/mol. The first-order valence-electron chi connectivity index (χ1n) is 6.79. The number of nitrogens with one attached hydrogen (secondary N) is 2. The van der Waals surface area contributed by atoms with Crippen LogP contribution in [0.4, 0.5) is 11.4 Å². The van der Waals surface area contributed by atoms with Crippen LogP contribution in [0.15, 0.2) is 16.6 Å². The lowest BCUT2D eigenvalue weighted by atomic mass is 10.1. The molecule has 0 fully saturated rings. The quantitative estimate of drug-likeness (QED) is 0.739. The second kappa shape index (κ2) is 6.56. The molecule has 110 valence electrons. The third-order valence-electron chi connectivity index (χ3n) is 3.44. The first kappa shape index (κ1) is 15.3. The van der Waals surface area contributed by atoms with Crippen LogP contribution in [0.5, 0.6) is 0 Å². The van der Waals surface area contributed by atoms with Crippen molar-refractivity contribution in [1.82, 2.24) is 5.32 Å². The van der Waals surface area contributed by atoms with Crippen molar-refractivity contribution in [3.63, 3.8) is 0 Å². The number of nitrogens with zero attached hydrogens (tertiary/aromatic N) is 1. The maximum atomic E-state index is 11.9. The summed E-state index contributed by atoms with van der Waals surface area (Å²) < 4.78 is 0.940. The number of anilines is 2. The summed E-state index contributed by atoms with van der Waals surface area (Å²) in [5, 5.41) is 15.1. The van der Waals surface area contributed by atoms with Gasteiger partial charge in [0.15, 0.2) is 0 Å². The minimum atomic E-state index is -0.298. The Morgan fingerprint density at radius 2 is 2.20 bits per heavy atom. The number of aliphatic hydroxyl groups excluding tert-OH is 1. The molecule has 0 radical (unpaired) electrons. The Balaban J connectivity index is 2.38. The second-order valence-electron chi connectivity index (χ2n) is 4.81. The van der Waals surface area contributed by atoms with Gasteiger partial charge in [-0.1, -0.05) is 6.92 Å². The standard InChI is InChI=1S/C14H20BrN3O2/c1-3-4-18(5-6-19)12-8-11-9(7-10(12)15)13(16-2)14(20)17-11/h7-8,13,16,19H,3-6H2,1-2H3,(H,17,20). The Labute approximate surface area is 127 Å². The lowest BCUT2D eigenvalue weighted by Gasteiger charge is -2.25. The molecule has 1 unspecified atom stereocenters. The van der Waals surface area contributed by atoms with Gasteiger partial charge in [0.05, 0.1) is 12.3 Å². The van der Waals surface area contributed by atoms with Crippen molar-refractivity contribution in [3.05, 3.63) is 22.2 Å². The Morgan fingerprint density at radius 3 is 2.80 bits per heavy atom. The molecule has 0 saturated heterocycles. The van der Waals surface area contributed by atoms with Gasteiger partial charge in [-0.3, -0.25) is 4.79 Å². The molecule has 0 bridgehead atoms. The highest BCUT2D eigenvalue weighted by Gasteiger charge is 2.30. The van der Waals surface area contributed by atoms with E-state index in [4.69, 9.17) is 0 Å². The average molecular weight is 342 g/mol. The number of fused-ring (bicyclic) bond motifs is 1. The summed E-state index contributed by atoms with van der Waals surface area (Å²) in [7, 11) is 1.77. The normalized spacial score (nSPS) is 17.0. The van der Waals surface area contributed by atoms with Crippen LogP contribution < -0.4 is 15.5 Å². The van der Waals surface area contributed by atoms with Crippen molar-refractivity contribution in [3.8, 4) is 0 Å². The third kappa shape index (κ3) is 2.82. The summed E-state index contributed by atoms with van der Waals surface area (Å²) in [5.74, 6) is -0.0317. The molecule has 1 aromatic carbocycles. The van der Waals surface area contributed by atoms with Crippen molar-refractivity contribution >= 4 is 33.2 Å². The van der Waals surface area contributed by atoms with Crippen LogP contribution in [0.25, 0.3) is 0 Å². The molecule has 1 heterocycles. The zero-order valence-corrected chi connectivity index (χ0v) is 13.3. The zero-order chi connectivity index (χ0) is 14.7. The van der Waals surface area contributed by atoms with Gasteiger partial charge in [-0.05, 0) is 41.5 Å². The van der Waals surface area contributed by atoms with E-state index in [0.29, 0.717) is 6.54 Å². The van der Waals surface area contributed by atoms with Gasteiger partial charge in [-0.25, -0.2) is 0 Å². The molecule has 1 atom stereocenters. The van der Waals surface area contributed by atoms with Crippen molar-refractivity contribution in [2.45, 2.75) is 19.4 Å². The van der Waals surface area contributed by atoms with Crippen molar-refractivity contribution < 1.29 is 9.90 Å². The molecule has 3 N–H and O–H groups in total. The number of carbonyl (C=O) groups excluding carboxylic acids is 1. The smallest absolute Gasteiger partial charge is 0.246 e. The van der Waals surface area contributed by atoms with E-state index in [1.165, 1.54) is 0 Å². The zero-order valence-electron chi connectivity index (χ0n) is 11.7. The number of amides is 1. The number of carbonyl (C=O) groups is 1. The minimum Gasteiger partial charge on any atom is -0.395 e. The van der Waals surface area contributed by atoms with Crippen LogP contribution in [0.2, 0.25) is 0 Å². The van der Waals surface area contributed by atoms with Crippen LogP contribution >= 0.6 is 15.9 Å². The van der Waals surface area contributed by atoms with E-state index >= 15 is 0 Å². The van der Waals surface area contributed by atoms with Crippen LogP contribution in [0.3, 0.4) is 0 Å². The molecule has 6 heteroatoms. The number of likely N-dealkylation sites (N-methyl/N-ethyl adjacent to an activating group) is 1. The van der Waals surface area contributed by atoms with Gasteiger partial charge >= 0.3 is 0 Å². The first-order chi connectivity index (χ1) is 9.62. The number of halogens is 1. The van der Waals surface area contributed by atoms with E-state index in [9.17, 15) is 9.90 Å². The van der Waals surface area contributed by atoms with Gasteiger partial charge in [0.25, 0.3) is 0 Å². The topological polar surface area (TPSA) is 64.6 Å². The average Bonchev–Trinajstić information content (AvgIpc) is 2.72. The maximum absolute atomic E-state index is 11.9. The lowest BCUT2D eigenvalue weighted by Crippen LogP contribution is -2.27. The van der Waals surface area contributed by atoms with E-state index in [1.54, 1.807) is 7.05 Å². The molecule has 1 amide bonds. The van der Waals surface area contributed by atoms with Crippen LogP contribution in [0.1, 0.15) is 24.9 Å². The van der Waals surface area contributed by atoms with Gasteiger partial charge in [0, 0.05) is 28.8 Å². The summed E-state index contributed by atoms with van der Waals surface area (Å²) in [6.07, 6.45) is 0.995. The fourth-order valence-corrected chi connectivity index (χ4v) is 3.15. The van der Waals surface area contributed by atoms with Gasteiger partial charge in [-0.15, -0.1) is 0 Å². The molecule has 1 aliphatic heterocycles. The van der Waals surface area contributed by atoms with Gasteiger partial charge in [0.1, 0.15) is 6.04 Å². The summed E-state index contributed by atoms with van der Waals surface area (Å²) in [6.45, 7) is 3.65. The molecule has 0 saturated carbocycles. The minimum absolute atomic E-state index is 0.0317. The largest absolute Gasteiger partial charge is 0.395 e. The number of hydrogen-bond acceptors (Lipinski definition) is 4. The number of benzene rings is 1. The summed E-state index contributed by atoms with van der Waals surface area (Å²) in [5.41, 5.74) is 2.79. The van der Waals surface area contributed by atoms with Gasteiger partial charge < -0.3 is 20.6 Å². The predicted molar refractivity (Wildman–Crippen MR) is 84.2 cm³/mol. The lowest BCUT2D eigenvalue weighted by molar-refractivity contribution is -0.117. The van der Waals surface area contributed by atoms with E-state index in [0.717, 1.165) is 34.4 Å². The highest BCUT2D eigenvalue weighted by molar-refractivity contribution is 9.10. The maximum Gasteiger partial charge on any atom is 0.246 e. The van der Waals surface area contributed by atoms with Crippen LogP contribution in [0, 0.1) is 0 Å². The monoisotopic (exact) mass is 341 g/mol. The Kier molecular flexibility index (Phi) is 5.01. The van der Waals surface area contributed by atoms with Crippen LogP contribution in [-0.2, 0) is 4.79 Å². The Hall–Kier alpha value is -1.11. The third-order valence-corrected chi connectivity index (χ3v) is 4.08. The van der Waals surface area contributed by atoms with E-state index in [2.05, 4.69) is 38.4 Å². The number of rotatable bonds is 6. The fourth-order valence-electron chi connectivity index (χ4n) is 2.54. The fraction of sp³-hybridized carbons (Fsp3) is 0.500. The van der Waals surface area contributed by atoms with E-state index in [1.807, 2.05) is 12.1 Å². The molecule has 0 aliphatic carbocycles. The molecule has 0 aromatic heterocycles. The second-order valence-corrected chi connectivity index (χ2v) is 5.67. The Morgan fingerprint density at radius 1 is 1.45 bits per heavy atom. The van der Waals surface area contributed by atoms with Crippen molar-refractivity contribution in [2.24, 2.45) is 0 Å². The molecule has 2 rings (SSSR count). The van der Waals surface area contributed by atoms with E-state index < -0.39 is 0 Å².